The van der Waals surface area contributed by atoms with Crippen molar-refractivity contribution >= 4 is 33.6 Å². The first kappa shape index (κ1) is 13.1. The lowest BCUT2D eigenvalue weighted by molar-refractivity contribution is -0.128. The Bertz CT molecular complexity index is 460. The van der Waals surface area contributed by atoms with E-state index >= 15 is 0 Å². The van der Waals surface area contributed by atoms with Crippen LogP contribution in [0.3, 0.4) is 0 Å². The Hall–Kier alpha value is -1.37. The van der Waals surface area contributed by atoms with Crippen LogP contribution in [0.4, 0.5) is 11.8 Å². The number of halogens is 1. The number of amides is 1. The van der Waals surface area contributed by atoms with Crippen molar-refractivity contribution in [3.63, 3.8) is 0 Å². The summed E-state index contributed by atoms with van der Waals surface area (Å²) in [7, 11) is 1.66. The highest BCUT2D eigenvalue weighted by Gasteiger charge is 2.40. The van der Waals surface area contributed by atoms with Crippen molar-refractivity contribution in [1.29, 1.82) is 0 Å². The van der Waals surface area contributed by atoms with E-state index in [1.165, 1.54) is 0 Å². The molecule has 1 unspecified atom stereocenters. The number of hydrogen-bond acceptors (Lipinski definition) is 5. The number of nitrogens with two attached hydrogens (primary N) is 1. The minimum atomic E-state index is -0.394. The highest BCUT2D eigenvalue weighted by Crippen LogP contribution is 2.32. The van der Waals surface area contributed by atoms with E-state index in [4.69, 9.17) is 5.73 Å². The van der Waals surface area contributed by atoms with E-state index in [-0.39, 0.29) is 5.91 Å². The van der Waals surface area contributed by atoms with Gasteiger partial charge >= 0.3 is 0 Å². The second kappa shape index (κ2) is 4.72. The minimum Gasteiger partial charge on any atom is -0.383 e. The van der Waals surface area contributed by atoms with Crippen LogP contribution >= 0.6 is 15.9 Å². The zero-order valence-corrected chi connectivity index (χ0v) is 12.0. The van der Waals surface area contributed by atoms with E-state index in [1.807, 2.05) is 11.8 Å². The molecule has 2 heterocycles. The summed E-state index contributed by atoms with van der Waals surface area (Å²) in [5.74, 6) is 1.03. The molecule has 1 amide bonds. The molecule has 2 rings (SSSR count). The lowest BCUT2D eigenvalue weighted by Gasteiger charge is -2.22. The van der Waals surface area contributed by atoms with Gasteiger partial charge in [0.05, 0.1) is 5.41 Å². The highest BCUT2D eigenvalue weighted by molar-refractivity contribution is 9.10. The molecular formula is C11H16BrN5O. The average Bonchev–Trinajstić information content (AvgIpc) is 2.71. The highest BCUT2D eigenvalue weighted by atomic mass is 79.9. The monoisotopic (exact) mass is 313 g/mol. The third kappa shape index (κ3) is 2.40. The zero-order valence-electron chi connectivity index (χ0n) is 10.4. The fourth-order valence-corrected chi connectivity index (χ4v) is 2.58. The third-order valence-electron chi connectivity index (χ3n) is 3.23. The van der Waals surface area contributed by atoms with E-state index in [1.54, 1.807) is 13.1 Å². The Morgan fingerprint density at radius 3 is 2.94 bits per heavy atom. The fraction of sp³-hybridized carbons (Fsp3) is 0.545. The van der Waals surface area contributed by atoms with Crippen LogP contribution in [-0.4, -0.2) is 36.0 Å². The van der Waals surface area contributed by atoms with Gasteiger partial charge in [0, 0.05) is 26.2 Å². The second-order valence-electron chi connectivity index (χ2n) is 4.73. The normalized spacial score (nSPS) is 23.2. The molecule has 0 saturated carbocycles. The molecule has 0 aromatic carbocycles. The first-order valence-corrected chi connectivity index (χ1v) is 6.51. The summed E-state index contributed by atoms with van der Waals surface area (Å²) in [4.78, 5) is 22.3. The van der Waals surface area contributed by atoms with Crippen LogP contribution in [0.15, 0.2) is 10.7 Å². The fourth-order valence-electron chi connectivity index (χ4n) is 2.18. The first-order valence-electron chi connectivity index (χ1n) is 5.72. The van der Waals surface area contributed by atoms with Crippen LogP contribution in [0, 0.1) is 5.41 Å². The number of carbonyl (C=O) groups is 1. The van der Waals surface area contributed by atoms with Gasteiger partial charge in [0.2, 0.25) is 11.9 Å². The lowest BCUT2D eigenvalue weighted by Crippen LogP contribution is -2.39. The maximum atomic E-state index is 11.8. The molecule has 0 spiro atoms. The maximum absolute atomic E-state index is 11.8. The topological polar surface area (TPSA) is 84.1 Å². The molecule has 0 radical (unpaired) electrons. The van der Waals surface area contributed by atoms with E-state index in [9.17, 15) is 4.79 Å². The Morgan fingerprint density at radius 2 is 2.33 bits per heavy atom. The standard InChI is InChI=1S/C11H16BrN5O/c1-11(9(18)14-2)3-4-17(6-11)10-15-7(12)5-8(13)16-10/h5H,3-4,6H2,1-2H3,(H,14,18)(H2,13,15,16). The molecule has 1 saturated heterocycles. The molecule has 0 bridgehead atoms. The lowest BCUT2D eigenvalue weighted by atomic mass is 9.89. The third-order valence-corrected chi connectivity index (χ3v) is 3.64. The average molecular weight is 314 g/mol. The van der Waals surface area contributed by atoms with Gasteiger partial charge in [-0.15, -0.1) is 0 Å². The Labute approximate surface area is 114 Å². The number of aromatic nitrogens is 2. The van der Waals surface area contributed by atoms with Crippen LogP contribution in [0.1, 0.15) is 13.3 Å². The maximum Gasteiger partial charge on any atom is 0.228 e. The van der Waals surface area contributed by atoms with Crippen molar-refractivity contribution in [3.8, 4) is 0 Å². The molecular weight excluding hydrogens is 298 g/mol. The summed E-state index contributed by atoms with van der Waals surface area (Å²) in [6.07, 6.45) is 0.780. The van der Waals surface area contributed by atoms with Gasteiger partial charge in [-0.1, -0.05) is 0 Å². The van der Waals surface area contributed by atoms with Crippen LogP contribution in [0.25, 0.3) is 0 Å². The predicted octanol–water partition coefficient (Wildman–Crippen LogP) is 0.784. The van der Waals surface area contributed by atoms with Gasteiger partial charge < -0.3 is 16.0 Å². The van der Waals surface area contributed by atoms with Crippen molar-refractivity contribution in [1.82, 2.24) is 15.3 Å². The van der Waals surface area contributed by atoms with E-state index in [0.717, 1.165) is 13.0 Å². The molecule has 3 N–H and O–H groups in total. The van der Waals surface area contributed by atoms with Crippen LogP contribution in [0.5, 0.6) is 0 Å². The molecule has 18 heavy (non-hydrogen) atoms. The summed E-state index contributed by atoms with van der Waals surface area (Å²) in [5, 5.41) is 2.70. The van der Waals surface area contributed by atoms with E-state index < -0.39 is 5.41 Å². The smallest absolute Gasteiger partial charge is 0.228 e. The van der Waals surface area contributed by atoms with Crippen LogP contribution < -0.4 is 16.0 Å². The molecule has 1 aliphatic rings. The molecule has 1 aromatic rings. The van der Waals surface area contributed by atoms with Crippen LogP contribution in [0.2, 0.25) is 0 Å². The summed E-state index contributed by atoms with van der Waals surface area (Å²) in [6, 6.07) is 1.65. The second-order valence-corrected chi connectivity index (χ2v) is 5.54. The van der Waals surface area contributed by atoms with Gasteiger partial charge in [0.1, 0.15) is 10.4 Å². The van der Waals surface area contributed by atoms with Crippen molar-refractivity contribution < 1.29 is 4.79 Å². The summed E-state index contributed by atoms with van der Waals surface area (Å²) in [5.41, 5.74) is 5.30. The molecule has 98 valence electrons. The van der Waals surface area contributed by atoms with Gasteiger partial charge in [-0.25, -0.2) is 4.98 Å². The van der Waals surface area contributed by atoms with Gasteiger partial charge in [0.15, 0.2) is 0 Å². The molecule has 1 aromatic heterocycles. The Balaban J connectivity index is 2.20. The largest absolute Gasteiger partial charge is 0.383 e. The molecule has 6 nitrogen and oxygen atoms in total. The van der Waals surface area contributed by atoms with Crippen molar-refractivity contribution in [2.45, 2.75) is 13.3 Å². The van der Waals surface area contributed by atoms with Crippen molar-refractivity contribution in [3.05, 3.63) is 10.7 Å². The number of rotatable bonds is 2. The van der Waals surface area contributed by atoms with E-state index in [2.05, 4.69) is 31.2 Å². The first-order chi connectivity index (χ1) is 8.44. The number of nitrogen functional groups attached to an aromatic ring is 1. The van der Waals surface area contributed by atoms with Crippen molar-refractivity contribution in [2.24, 2.45) is 5.41 Å². The quantitative estimate of drug-likeness (QED) is 0.788. The molecule has 1 aliphatic heterocycles. The van der Waals surface area contributed by atoms with Gasteiger partial charge in [0.25, 0.3) is 0 Å². The number of carbonyl (C=O) groups excluding carboxylic acids is 1. The minimum absolute atomic E-state index is 0.0490. The molecule has 1 fully saturated rings. The molecule has 1 atom stereocenters. The number of nitrogens with zero attached hydrogens (tertiary/aromatic N) is 3. The Morgan fingerprint density at radius 1 is 1.61 bits per heavy atom. The SMILES string of the molecule is CNC(=O)C1(C)CCN(c2nc(N)cc(Br)n2)C1. The molecule has 0 aliphatic carbocycles. The van der Waals surface area contributed by atoms with Gasteiger partial charge in [-0.3, -0.25) is 4.79 Å². The number of anilines is 2. The van der Waals surface area contributed by atoms with Crippen molar-refractivity contribution in [2.75, 3.05) is 30.8 Å². The van der Waals surface area contributed by atoms with Gasteiger partial charge in [-0.05, 0) is 29.3 Å². The van der Waals surface area contributed by atoms with Crippen LogP contribution in [-0.2, 0) is 4.79 Å². The summed E-state index contributed by atoms with van der Waals surface area (Å²) in [6.45, 7) is 3.30. The predicted molar refractivity (Wildman–Crippen MR) is 73.1 cm³/mol. The Kier molecular flexibility index (Phi) is 3.43. The van der Waals surface area contributed by atoms with E-state index in [0.29, 0.717) is 22.9 Å². The zero-order chi connectivity index (χ0) is 13.3. The summed E-state index contributed by atoms with van der Waals surface area (Å²) >= 11 is 3.29. The molecule has 7 heteroatoms. The number of hydrogen-bond donors (Lipinski definition) is 2. The van der Waals surface area contributed by atoms with Gasteiger partial charge in [-0.2, -0.15) is 4.98 Å². The number of nitrogens with one attached hydrogen (secondary N) is 1. The summed E-state index contributed by atoms with van der Waals surface area (Å²) < 4.78 is 0.651.